The Morgan fingerprint density at radius 3 is 2.50 bits per heavy atom. The fourth-order valence-electron chi connectivity index (χ4n) is 1.75. The van der Waals surface area contributed by atoms with Crippen LogP contribution in [0.2, 0.25) is 0 Å². The zero-order chi connectivity index (χ0) is 10.6. The van der Waals surface area contributed by atoms with Crippen molar-refractivity contribution < 1.29 is 9.53 Å². The van der Waals surface area contributed by atoms with Crippen LogP contribution in [0.1, 0.15) is 19.8 Å². The van der Waals surface area contributed by atoms with Crippen molar-refractivity contribution in [3.05, 3.63) is 0 Å². The molecule has 1 unspecified atom stereocenters. The van der Waals surface area contributed by atoms with Crippen molar-refractivity contribution >= 4 is 5.91 Å². The SMILES string of the molecule is CC(C(=O)NN(C)C)C1CCOCC1. The summed E-state index contributed by atoms with van der Waals surface area (Å²) < 4.78 is 5.27. The molecular weight excluding hydrogens is 180 g/mol. The van der Waals surface area contributed by atoms with Gasteiger partial charge in [0.25, 0.3) is 0 Å². The number of hydrogen-bond acceptors (Lipinski definition) is 3. The molecule has 14 heavy (non-hydrogen) atoms. The van der Waals surface area contributed by atoms with Crippen molar-refractivity contribution in [1.29, 1.82) is 0 Å². The average Bonchev–Trinajstić information content (AvgIpc) is 2.17. The van der Waals surface area contributed by atoms with Crippen molar-refractivity contribution in [3.63, 3.8) is 0 Å². The van der Waals surface area contributed by atoms with Crippen LogP contribution in [-0.2, 0) is 9.53 Å². The fraction of sp³-hybridized carbons (Fsp3) is 0.900. The summed E-state index contributed by atoms with van der Waals surface area (Å²) in [6.07, 6.45) is 2.00. The average molecular weight is 200 g/mol. The zero-order valence-electron chi connectivity index (χ0n) is 9.25. The van der Waals surface area contributed by atoms with Gasteiger partial charge in [0.15, 0.2) is 0 Å². The van der Waals surface area contributed by atoms with Crippen LogP contribution in [0.4, 0.5) is 0 Å². The van der Waals surface area contributed by atoms with Crippen LogP contribution in [-0.4, -0.2) is 38.2 Å². The number of hydrogen-bond donors (Lipinski definition) is 1. The van der Waals surface area contributed by atoms with Crippen LogP contribution in [0.3, 0.4) is 0 Å². The van der Waals surface area contributed by atoms with E-state index in [2.05, 4.69) is 5.43 Å². The first-order valence-corrected chi connectivity index (χ1v) is 5.17. The number of nitrogens with zero attached hydrogens (tertiary/aromatic N) is 1. The minimum Gasteiger partial charge on any atom is -0.381 e. The van der Waals surface area contributed by atoms with E-state index in [0.29, 0.717) is 5.92 Å². The number of ether oxygens (including phenoxy) is 1. The highest BCUT2D eigenvalue weighted by molar-refractivity contribution is 5.78. The molecule has 0 aromatic rings. The van der Waals surface area contributed by atoms with Crippen molar-refractivity contribution in [2.24, 2.45) is 11.8 Å². The Bertz CT molecular complexity index is 189. The first-order valence-electron chi connectivity index (χ1n) is 5.17. The third-order valence-electron chi connectivity index (χ3n) is 2.72. The molecule has 0 aromatic carbocycles. The van der Waals surface area contributed by atoms with Gasteiger partial charge in [-0.05, 0) is 18.8 Å². The van der Waals surface area contributed by atoms with Crippen LogP contribution in [0.25, 0.3) is 0 Å². The molecule has 0 spiro atoms. The second-order valence-electron chi connectivity index (χ2n) is 4.11. The summed E-state index contributed by atoms with van der Waals surface area (Å²) >= 11 is 0. The number of amides is 1. The first kappa shape index (κ1) is 11.5. The highest BCUT2D eigenvalue weighted by Gasteiger charge is 2.25. The third kappa shape index (κ3) is 3.27. The van der Waals surface area contributed by atoms with Gasteiger partial charge in [0.1, 0.15) is 0 Å². The van der Waals surface area contributed by atoms with E-state index in [9.17, 15) is 4.79 Å². The summed E-state index contributed by atoms with van der Waals surface area (Å²) in [7, 11) is 3.66. The van der Waals surface area contributed by atoms with Crippen molar-refractivity contribution in [2.75, 3.05) is 27.3 Å². The summed E-state index contributed by atoms with van der Waals surface area (Å²) in [4.78, 5) is 11.7. The standard InChI is InChI=1S/C10H20N2O2/c1-8(10(13)11-12(2)3)9-4-6-14-7-5-9/h8-9H,4-7H2,1-3H3,(H,11,13). The molecule has 4 heteroatoms. The molecular formula is C10H20N2O2. The molecule has 0 aromatic heterocycles. The topological polar surface area (TPSA) is 41.6 Å². The molecule has 1 heterocycles. The molecule has 0 bridgehead atoms. The molecule has 4 nitrogen and oxygen atoms in total. The highest BCUT2D eigenvalue weighted by atomic mass is 16.5. The molecule has 82 valence electrons. The number of carbonyl (C=O) groups is 1. The van der Waals surface area contributed by atoms with E-state index < -0.39 is 0 Å². The first-order chi connectivity index (χ1) is 6.61. The van der Waals surface area contributed by atoms with Gasteiger partial charge in [0.05, 0.1) is 0 Å². The Morgan fingerprint density at radius 2 is 2.00 bits per heavy atom. The third-order valence-corrected chi connectivity index (χ3v) is 2.72. The van der Waals surface area contributed by atoms with Gasteiger partial charge in [-0.1, -0.05) is 6.92 Å². The highest BCUT2D eigenvalue weighted by Crippen LogP contribution is 2.23. The summed E-state index contributed by atoms with van der Waals surface area (Å²) in [5.74, 6) is 0.673. The van der Waals surface area contributed by atoms with Gasteiger partial charge >= 0.3 is 0 Å². The molecule has 1 amide bonds. The normalized spacial score (nSPS) is 20.9. The van der Waals surface area contributed by atoms with Crippen LogP contribution in [0, 0.1) is 11.8 Å². The second-order valence-corrected chi connectivity index (χ2v) is 4.11. The molecule has 1 atom stereocenters. The molecule has 0 saturated carbocycles. The number of nitrogens with one attached hydrogen (secondary N) is 1. The molecule has 0 aliphatic carbocycles. The molecule has 0 radical (unpaired) electrons. The lowest BCUT2D eigenvalue weighted by Gasteiger charge is -2.27. The minimum absolute atomic E-state index is 0.0845. The Morgan fingerprint density at radius 1 is 1.43 bits per heavy atom. The summed E-state index contributed by atoms with van der Waals surface area (Å²) in [5, 5.41) is 1.69. The maximum Gasteiger partial charge on any atom is 0.237 e. The monoisotopic (exact) mass is 200 g/mol. The Hall–Kier alpha value is -0.610. The van der Waals surface area contributed by atoms with Crippen LogP contribution >= 0.6 is 0 Å². The number of hydrazine groups is 1. The van der Waals surface area contributed by atoms with E-state index in [1.807, 2.05) is 21.0 Å². The van der Waals surface area contributed by atoms with E-state index in [-0.39, 0.29) is 11.8 Å². The van der Waals surface area contributed by atoms with Gasteiger partial charge < -0.3 is 4.74 Å². The van der Waals surface area contributed by atoms with Crippen molar-refractivity contribution in [2.45, 2.75) is 19.8 Å². The maximum atomic E-state index is 11.7. The lowest BCUT2D eigenvalue weighted by Crippen LogP contribution is -2.42. The van der Waals surface area contributed by atoms with Gasteiger partial charge in [-0.2, -0.15) is 0 Å². The predicted octanol–water partition coefficient (Wildman–Crippen LogP) is 0.642. The number of rotatable bonds is 3. The quantitative estimate of drug-likeness (QED) is 0.680. The molecule has 1 N–H and O–H groups in total. The van der Waals surface area contributed by atoms with Crippen LogP contribution < -0.4 is 5.43 Å². The van der Waals surface area contributed by atoms with Crippen molar-refractivity contribution in [3.8, 4) is 0 Å². The van der Waals surface area contributed by atoms with E-state index in [4.69, 9.17) is 4.74 Å². The Kier molecular flexibility index (Phi) is 4.35. The zero-order valence-corrected chi connectivity index (χ0v) is 9.25. The van der Waals surface area contributed by atoms with Crippen molar-refractivity contribution in [1.82, 2.24) is 10.4 Å². The molecule has 1 aliphatic heterocycles. The van der Waals surface area contributed by atoms with Gasteiger partial charge in [0.2, 0.25) is 5.91 Å². The summed E-state index contributed by atoms with van der Waals surface area (Å²) in [5.41, 5.74) is 2.79. The molecule has 1 aliphatic rings. The minimum atomic E-state index is 0.0845. The van der Waals surface area contributed by atoms with E-state index in [1.165, 1.54) is 0 Å². The number of carbonyl (C=O) groups excluding carboxylic acids is 1. The van der Waals surface area contributed by atoms with Gasteiger partial charge in [-0.15, -0.1) is 0 Å². The van der Waals surface area contributed by atoms with E-state index in [0.717, 1.165) is 26.1 Å². The van der Waals surface area contributed by atoms with Gasteiger partial charge in [0, 0.05) is 33.2 Å². The van der Waals surface area contributed by atoms with Gasteiger partial charge in [-0.3, -0.25) is 10.2 Å². The molecule has 1 saturated heterocycles. The molecule has 1 fully saturated rings. The fourth-order valence-corrected chi connectivity index (χ4v) is 1.75. The van der Waals surface area contributed by atoms with E-state index >= 15 is 0 Å². The second kappa shape index (κ2) is 5.32. The predicted molar refractivity (Wildman–Crippen MR) is 54.5 cm³/mol. The van der Waals surface area contributed by atoms with Crippen LogP contribution in [0.15, 0.2) is 0 Å². The van der Waals surface area contributed by atoms with E-state index in [1.54, 1.807) is 5.01 Å². The molecule has 1 rings (SSSR count). The van der Waals surface area contributed by atoms with Gasteiger partial charge in [-0.25, -0.2) is 5.01 Å². The summed E-state index contributed by atoms with van der Waals surface area (Å²) in [6, 6.07) is 0. The van der Waals surface area contributed by atoms with Crippen LogP contribution in [0.5, 0.6) is 0 Å². The Balaban J connectivity index is 2.38. The maximum absolute atomic E-state index is 11.7. The largest absolute Gasteiger partial charge is 0.381 e. The lowest BCUT2D eigenvalue weighted by atomic mass is 9.87. The lowest BCUT2D eigenvalue weighted by molar-refractivity contribution is -0.131. The summed E-state index contributed by atoms with van der Waals surface area (Å²) in [6.45, 7) is 3.59. The smallest absolute Gasteiger partial charge is 0.237 e. The Labute approximate surface area is 85.6 Å².